The lowest BCUT2D eigenvalue weighted by Gasteiger charge is -2.45. The predicted octanol–water partition coefficient (Wildman–Crippen LogP) is 2.32. The summed E-state index contributed by atoms with van der Waals surface area (Å²) in [5.41, 5.74) is 0.265. The number of hydrogen-bond donors (Lipinski definition) is 1. The van der Waals surface area contributed by atoms with Crippen LogP contribution in [0, 0.1) is 11.5 Å². The van der Waals surface area contributed by atoms with E-state index >= 15 is 0 Å². The summed E-state index contributed by atoms with van der Waals surface area (Å²) >= 11 is 1.47. The highest BCUT2D eigenvalue weighted by Gasteiger charge is 2.47. The van der Waals surface area contributed by atoms with Crippen molar-refractivity contribution in [1.82, 2.24) is 4.90 Å². The number of aliphatic hydroxyl groups excluding tert-OH is 1. The molecule has 2 aliphatic heterocycles. The standard InChI is InChI=1S/C18H21N3O4S/c1-4-24-16(23)11-5-6-13-12(9-11)14(15(22)18(2,3)25-13)21-7-8-26-17(21)20-10-19/h5-6,9,14-15,22H,4,7-8H2,1-3H3/b20-17-. The van der Waals surface area contributed by atoms with Crippen LogP contribution in [-0.2, 0) is 4.74 Å². The molecule has 1 fully saturated rings. The summed E-state index contributed by atoms with van der Waals surface area (Å²) in [4.78, 5) is 17.9. The molecule has 1 saturated heterocycles. The normalized spacial score (nSPS) is 25.3. The number of carbonyl (C=O) groups excluding carboxylic acids is 1. The Morgan fingerprint density at radius 3 is 3.04 bits per heavy atom. The molecule has 2 heterocycles. The summed E-state index contributed by atoms with van der Waals surface area (Å²) in [7, 11) is 0. The molecule has 2 atom stereocenters. The van der Waals surface area contributed by atoms with Gasteiger partial charge in [0, 0.05) is 17.9 Å². The molecule has 0 saturated carbocycles. The number of amidine groups is 1. The molecular formula is C18H21N3O4S. The predicted molar refractivity (Wildman–Crippen MR) is 98.1 cm³/mol. The average Bonchev–Trinajstić information content (AvgIpc) is 3.04. The molecule has 0 spiro atoms. The Morgan fingerprint density at radius 1 is 1.58 bits per heavy atom. The largest absolute Gasteiger partial charge is 0.485 e. The minimum atomic E-state index is -0.866. The number of carbonyl (C=O) groups is 1. The van der Waals surface area contributed by atoms with Crippen LogP contribution in [0.2, 0.25) is 0 Å². The summed E-state index contributed by atoms with van der Waals surface area (Å²) in [6, 6.07) is 4.62. The maximum Gasteiger partial charge on any atom is 0.338 e. The first-order chi connectivity index (χ1) is 12.4. The molecule has 0 bridgehead atoms. The fourth-order valence-electron chi connectivity index (χ4n) is 3.26. The Hall–Kier alpha value is -2.24. The third-order valence-electron chi connectivity index (χ3n) is 4.51. The Labute approximate surface area is 156 Å². The number of benzene rings is 1. The van der Waals surface area contributed by atoms with E-state index in [-0.39, 0.29) is 6.61 Å². The lowest BCUT2D eigenvalue weighted by Crippen LogP contribution is -2.53. The van der Waals surface area contributed by atoms with Crippen molar-refractivity contribution in [1.29, 1.82) is 5.26 Å². The van der Waals surface area contributed by atoms with Crippen molar-refractivity contribution >= 4 is 22.9 Å². The minimum absolute atomic E-state index is 0.285. The molecule has 2 unspecified atom stereocenters. The van der Waals surface area contributed by atoms with Crippen LogP contribution in [0.25, 0.3) is 0 Å². The molecule has 0 aromatic heterocycles. The highest BCUT2D eigenvalue weighted by molar-refractivity contribution is 8.14. The molecule has 1 aromatic carbocycles. The number of hydrogen-bond acceptors (Lipinski definition) is 7. The molecule has 26 heavy (non-hydrogen) atoms. The van der Waals surface area contributed by atoms with Crippen LogP contribution in [0.5, 0.6) is 5.75 Å². The molecule has 138 valence electrons. The van der Waals surface area contributed by atoms with Crippen molar-refractivity contribution in [3.05, 3.63) is 29.3 Å². The lowest BCUT2D eigenvalue weighted by molar-refractivity contribution is -0.0800. The summed E-state index contributed by atoms with van der Waals surface area (Å²) in [5, 5.41) is 20.5. The topological polar surface area (TPSA) is 95.2 Å². The van der Waals surface area contributed by atoms with Crippen LogP contribution >= 0.6 is 11.8 Å². The summed E-state index contributed by atoms with van der Waals surface area (Å²) in [6.45, 7) is 6.31. The van der Waals surface area contributed by atoms with E-state index < -0.39 is 23.7 Å². The number of aliphatic imine (C=N–C) groups is 1. The van der Waals surface area contributed by atoms with Crippen molar-refractivity contribution in [2.45, 2.75) is 38.5 Å². The maximum absolute atomic E-state index is 12.1. The van der Waals surface area contributed by atoms with Gasteiger partial charge in [-0.05, 0) is 39.0 Å². The number of rotatable bonds is 3. The zero-order valence-electron chi connectivity index (χ0n) is 14.9. The molecule has 1 aromatic rings. The molecule has 0 aliphatic carbocycles. The molecule has 2 aliphatic rings. The molecule has 1 N–H and O–H groups in total. The van der Waals surface area contributed by atoms with E-state index in [0.29, 0.717) is 28.6 Å². The highest BCUT2D eigenvalue weighted by atomic mass is 32.2. The first-order valence-corrected chi connectivity index (χ1v) is 9.42. The lowest BCUT2D eigenvalue weighted by atomic mass is 9.85. The van der Waals surface area contributed by atoms with Gasteiger partial charge in [-0.3, -0.25) is 0 Å². The number of nitrogens with zero attached hydrogens (tertiary/aromatic N) is 3. The van der Waals surface area contributed by atoms with E-state index in [1.807, 2.05) is 24.9 Å². The van der Waals surface area contributed by atoms with Crippen LogP contribution in [0.15, 0.2) is 23.2 Å². The molecule has 3 rings (SSSR count). The molecule has 8 heteroatoms. The molecule has 0 radical (unpaired) electrons. The SMILES string of the molecule is CCOC(=O)c1ccc2c(c1)C(N1CCS/C1=N\C#N)C(O)C(C)(C)O2. The quantitative estimate of drug-likeness (QED) is 0.640. The second-order valence-corrected chi connectivity index (χ2v) is 7.67. The molecule has 0 amide bonds. The number of fused-ring (bicyclic) bond motifs is 1. The van der Waals surface area contributed by atoms with Crippen LogP contribution < -0.4 is 4.74 Å². The van der Waals surface area contributed by atoms with Gasteiger partial charge in [0.1, 0.15) is 17.5 Å². The van der Waals surface area contributed by atoms with Gasteiger partial charge in [0.15, 0.2) is 5.17 Å². The molecule has 7 nitrogen and oxygen atoms in total. The zero-order valence-corrected chi connectivity index (χ0v) is 15.7. The number of esters is 1. The van der Waals surface area contributed by atoms with Crippen molar-refractivity contribution < 1.29 is 19.4 Å². The Kier molecular flexibility index (Phi) is 5.12. The maximum atomic E-state index is 12.1. The van der Waals surface area contributed by atoms with Gasteiger partial charge in [0.25, 0.3) is 0 Å². The van der Waals surface area contributed by atoms with E-state index in [9.17, 15) is 9.90 Å². The number of ether oxygens (including phenoxy) is 2. The van der Waals surface area contributed by atoms with Crippen LogP contribution in [0.4, 0.5) is 0 Å². The third kappa shape index (κ3) is 3.24. The van der Waals surface area contributed by atoms with Crippen molar-refractivity contribution in [2.24, 2.45) is 4.99 Å². The summed E-state index contributed by atoms with van der Waals surface area (Å²) < 4.78 is 11.1. The minimum Gasteiger partial charge on any atom is -0.485 e. The van der Waals surface area contributed by atoms with Crippen molar-refractivity contribution in [3.8, 4) is 11.9 Å². The number of aliphatic hydroxyl groups is 1. The van der Waals surface area contributed by atoms with Gasteiger partial charge in [-0.15, -0.1) is 4.99 Å². The Bertz CT molecular complexity index is 787. The smallest absolute Gasteiger partial charge is 0.338 e. The third-order valence-corrected chi connectivity index (χ3v) is 5.49. The first-order valence-electron chi connectivity index (χ1n) is 8.43. The average molecular weight is 375 g/mol. The van der Waals surface area contributed by atoms with E-state index in [1.165, 1.54) is 11.8 Å². The fraction of sp³-hybridized carbons (Fsp3) is 0.500. The summed E-state index contributed by atoms with van der Waals surface area (Å²) in [6.07, 6.45) is 0.957. The van der Waals surface area contributed by atoms with Gasteiger partial charge in [0.2, 0.25) is 6.19 Å². The van der Waals surface area contributed by atoms with E-state index in [2.05, 4.69) is 4.99 Å². The summed E-state index contributed by atoms with van der Waals surface area (Å²) in [5.74, 6) is 0.958. The van der Waals surface area contributed by atoms with Crippen LogP contribution in [-0.4, -0.2) is 51.8 Å². The van der Waals surface area contributed by atoms with Crippen LogP contribution in [0.3, 0.4) is 0 Å². The van der Waals surface area contributed by atoms with Gasteiger partial charge < -0.3 is 19.5 Å². The van der Waals surface area contributed by atoms with Gasteiger partial charge in [-0.1, -0.05) is 11.8 Å². The van der Waals surface area contributed by atoms with Crippen LogP contribution in [0.1, 0.15) is 42.7 Å². The van der Waals surface area contributed by atoms with E-state index in [4.69, 9.17) is 14.7 Å². The van der Waals surface area contributed by atoms with Gasteiger partial charge >= 0.3 is 5.97 Å². The van der Waals surface area contributed by atoms with Gasteiger partial charge in [-0.25, -0.2) is 4.79 Å². The number of thioether (sulfide) groups is 1. The Morgan fingerprint density at radius 2 is 2.35 bits per heavy atom. The monoisotopic (exact) mass is 375 g/mol. The fourth-order valence-corrected chi connectivity index (χ4v) is 4.20. The highest BCUT2D eigenvalue weighted by Crippen LogP contribution is 2.45. The van der Waals surface area contributed by atoms with Gasteiger partial charge in [0.05, 0.1) is 18.2 Å². The number of nitriles is 1. The van der Waals surface area contributed by atoms with Crippen molar-refractivity contribution in [3.63, 3.8) is 0 Å². The second-order valence-electron chi connectivity index (χ2n) is 6.60. The van der Waals surface area contributed by atoms with Gasteiger partial charge in [-0.2, -0.15) is 5.26 Å². The second kappa shape index (κ2) is 7.17. The van der Waals surface area contributed by atoms with Crippen molar-refractivity contribution in [2.75, 3.05) is 18.9 Å². The molecular weight excluding hydrogens is 354 g/mol. The zero-order chi connectivity index (χ0) is 18.9. The first kappa shape index (κ1) is 18.5. The van der Waals surface area contributed by atoms with E-state index in [1.54, 1.807) is 25.1 Å². The van der Waals surface area contributed by atoms with E-state index in [0.717, 1.165) is 5.75 Å². The Balaban J connectivity index is 2.09.